The molecule has 4 rings (SSSR count). The lowest BCUT2D eigenvalue weighted by molar-refractivity contribution is 0.425. The van der Waals surface area contributed by atoms with E-state index in [0.29, 0.717) is 21.5 Å². The molecular formula is C21H17BrCl2F2N2. The molecule has 1 aliphatic rings. The number of imidazole rings is 1. The highest BCUT2D eigenvalue weighted by Gasteiger charge is 2.28. The fraction of sp³-hybridized carbons (Fsp3) is 0.286. The van der Waals surface area contributed by atoms with Crippen molar-refractivity contribution in [2.24, 2.45) is 0 Å². The summed E-state index contributed by atoms with van der Waals surface area (Å²) in [6.45, 7) is 0. The van der Waals surface area contributed by atoms with Crippen molar-refractivity contribution in [2.75, 3.05) is 0 Å². The molecule has 0 atom stereocenters. The zero-order chi connectivity index (χ0) is 19.8. The fourth-order valence-corrected chi connectivity index (χ4v) is 4.78. The van der Waals surface area contributed by atoms with Crippen molar-refractivity contribution in [3.05, 3.63) is 68.5 Å². The van der Waals surface area contributed by atoms with Crippen LogP contribution < -0.4 is 0 Å². The van der Waals surface area contributed by atoms with Gasteiger partial charge in [0.1, 0.15) is 16.2 Å². The third-order valence-corrected chi connectivity index (χ3v) is 6.33. The van der Waals surface area contributed by atoms with E-state index >= 15 is 4.39 Å². The summed E-state index contributed by atoms with van der Waals surface area (Å²) in [6.07, 6.45) is 5.42. The third-order valence-electron chi connectivity index (χ3n) is 5.20. The third kappa shape index (κ3) is 3.60. The van der Waals surface area contributed by atoms with Gasteiger partial charge in [0, 0.05) is 11.5 Å². The van der Waals surface area contributed by atoms with E-state index in [2.05, 4.69) is 15.9 Å². The SMILES string of the molecule is Fc1ccc(-c2c(Br)nc(C3CCCCC3)n2-c2cccc(Cl)c2F)cc1Cl. The van der Waals surface area contributed by atoms with Gasteiger partial charge in [-0.05, 0) is 59.1 Å². The molecule has 0 N–H and O–H groups in total. The smallest absolute Gasteiger partial charge is 0.165 e. The number of aromatic nitrogens is 2. The second-order valence-electron chi connectivity index (χ2n) is 6.98. The second kappa shape index (κ2) is 8.13. The highest BCUT2D eigenvalue weighted by Crippen LogP contribution is 2.41. The maximum atomic E-state index is 15.0. The molecule has 1 heterocycles. The Kier molecular flexibility index (Phi) is 5.77. The summed E-state index contributed by atoms with van der Waals surface area (Å²) in [4.78, 5) is 4.74. The summed E-state index contributed by atoms with van der Waals surface area (Å²) < 4.78 is 31.1. The lowest BCUT2D eigenvalue weighted by Gasteiger charge is -2.23. The number of hydrogen-bond acceptors (Lipinski definition) is 1. The molecule has 0 amide bonds. The van der Waals surface area contributed by atoms with Crippen LogP contribution in [0.3, 0.4) is 0 Å². The van der Waals surface area contributed by atoms with Gasteiger partial charge in [0.15, 0.2) is 5.82 Å². The Labute approximate surface area is 180 Å². The van der Waals surface area contributed by atoms with Gasteiger partial charge in [-0.1, -0.05) is 48.5 Å². The number of halogens is 5. The first-order valence-electron chi connectivity index (χ1n) is 9.15. The highest BCUT2D eigenvalue weighted by molar-refractivity contribution is 9.10. The highest BCUT2D eigenvalue weighted by atomic mass is 79.9. The van der Waals surface area contributed by atoms with Crippen LogP contribution in [-0.2, 0) is 0 Å². The van der Waals surface area contributed by atoms with Crippen LogP contribution in [0.4, 0.5) is 8.78 Å². The Morgan fingerprint density at radius 2 is 1.75 bits per heavy atom. The molecule has 0 aliphatic heterocycles. The van der Waals surface area contributed by atoms with Crippen LogP contribution >= 0.6 is 39.1 Å². The van der Waals surface area contributed by atoms with Gasteiger partial charge in [0.05, 0.1) is 21.4 Å². The molecule has 7 heteroatoms. The van der Waals surface area contributed by atoms with Gasteiger partial charge in [0.25, 0.3) is 0 Å². The molecule has 146 valence electrons. The molecule has 0 spiro atoms. The van der Waals surface area contributed by atoms with Crippen molar-refractivity contribution < 1.29 is 8.78 Å². The number of nitrogens with zero attached hydrogens (tertiary/aromatic N) is 2. The zero-order valence-electron chi connectivity index (χ0n) is 14.9. The molecule has 0 bridgehead atoms. The first-order chi connectivity index (χ1) is 13.5. The molecule has 28 heavy (non-hydrogen) atoms. The quantitative estimate of drug-likeness (QED) is 0.368. The summed E-state index contributed by atoms with van der Waals surface area (Å²) in [5, 5.41) is 0.0444. The van der Waals surface area contributed by atoms with Crippen LogP contribution in [-0.4, -0.2) is 9.55 Å². The van der Waals surface area contributed by atoms with E-state index in [-0.39, 0.29) is 16.0 Å². The van der Waals surface area contributed by atoms with E-state index in [9.17, 15) is 4.39 Å². The van der Waals surface area contributed by atoms with Crippen LogP contribution in [0.25, 0.3) is 16.9 Å². The van der Waals surface area contributed by atoms with E-state index < -0.39 is 11.6 Å². The van der Waals surface area contributed by atoms with Crippen molar-refractivity contribution in [3.8, 4) is 16.9 Å². The zero-order valence-corrected chi connectivity index (χ0v) is 18.0. The van der Waals surface area contributed by atoms with E-state index in [4.69, 9.17) is 28.2 Å². The molecule has 3 aromatic rings. The van der Waals surface area contributed by atoms with Crippen LogP contribution in [0, 0.1) is 11.6 Å². The standard InChI is InChI=1S/C21H17BrCl2F2N2/c22-20-19(13-9-10-16(25)15(24)11-13)28(17-8-4-7-14(23)18(17)26)21(27-20)12-5-2-1-3-6-12/h4,7-12H,1-3,5-6H2. The monoisotopic (exact) mass is 484 g/mol. The van der Waals surface area contributed by atoms with Gasteiger partial charge in [-0.15, -0.1) is 0 Å². The van der Waals surface area contributed by atoms with E-state index in [1.807, 2.05) is 0 Å². The molecule has 1 fully saturated rings. The van der Waals surface area contributed by atoms with Crippen molar-refractivity contribution in [3.63, 3.8) is 0 Å². The van der Waals surface area contributed by atoms with Gasteiger partial charge >= 0.3 is 0 Å². The predicted molar refractivity (Wildman–Crippen MR) is 112 cm³/mol. The molecule has 0 radical (unpaired) electrons. The first-order valence-corrected chi connectivity index (χ1v) is 10.7. The molecule has 1 aromatic heterocycles. The molecule has 2 nitrogen and oxygen atoms in total. The summed E-state index contributed by atoms with van der Waals surface area (Å²) >= 11 is 15.6. The molecule has 1 aliphatic carbocycles. The van der Waals surface area contributed by atoms with Crippen LogP contribution in [0.1, 0.15) is 43.8 Å². The average molecular weight is 486 g/mol. The van der Waals surface area contributed by atoms with Crippen LogP contribution in [0.2, 0.25) is 10.0 Å². The van der Waals surface area contributed by atoms with Crippen molar-refractivity contribution in [1.82, 2.24) is 9.55 Å². The molecule has 1 saturated carbocycles. The maximum Gasteiger partial charge on any atom is 0.165 e. The van der Waals surface area contributed by atoms with Crippen molar-refractivity contribution in [1.29, 1.82) is 0 Å². The van der Waals surface area contributed by atoms with Gasteiger partial charge in [0.2, 0.25) is 0 Å². The minimum Gasteiger partial charge on any atom is -0.292 e. The Morgan fingerprint density at radius 3 is 2.46 bits per heavy atom. The van der Waals surface area contributed by atoms with Crippen LogP contribution in [0.15, 0.2) is 41.0 Å². The molecule has 0 saturated heterocycles. The first kappa shape index (κ1) is 19.9. The Bertz CT molecular complexity index is 1030. The molecular weight excluding hydrogens is 469 g/mol. The van der Waals surface area contributed by atoms with Crippen LogP contribution in [0.5, 0.6) is 0 Å². The Balaban J connectivity index is 1.98. The fourth-order valence-electron chi connectivity index (χ4n) is 3.85. The van der Waals surface area contributed by atoms with E-state index in [1.165, 1.54) is 24.6 Å². The van der Waals surface area contributed by atoms with Gasteiger partial charge in [-0.25, -0.2) is 13.8 Å². The van der Waals surface area contributed by atoms with E-state index in [0.717, 1.165) is 31.5 Å². The number of rotatable bonds is 3. The lowest BCUT2D eigenvalue weighted by atomic mass is 9.88. The maximum absolute atomic E-state index is 15.0. The molecule has 2 aromatic carbocycles. The minimum absolute atomic E-state index is 0.00272. The minimum atomic E-state index is -0.513. The van der Waals surface area contributed by atoms with Gasteiger partial charge in [-0.3, -0.25) is 4.57 Å². The largest absolute Gasteiger partial charge is 0.292 e. The van der Waals surface area contributed by atoms with Crippen molar-refractivity contribution >= 4 is 39.1 Å². The predicted octanol–water partition coefficient (Wildman–Crippen LogP) is 7.93. The topological polar surface area (TPSA) is 17.8 Å². The summed E-state index contributed by atoms with van der Waals surface area (Å²) in [6, 6.07) is 9.35. The lowest BCUT2D eigenvalue weighted by Crippen LogP contribution is -2.13. The Hall–Kier alpha value is -1.43. The number of hydrogen-bond donors (Lipinski definition) is 0. The Morgan fingerprint density at radius 1 is 1.00 bits per heavy atom. The average Bonchev–Trinajstić information content (AvgIpc) is 3.04. The summed E-state index contributed by atoms with van der Waals surface area (Å²) in [7, 11) is 0. The summed E-state index contributed by atoms with van der Waals surface area (Å²) in [5.41, 5.74) is 1.59. The summed E-state index contributed by atoms with van der Waals surface area (Å²) in [5.74, 6) is -0.0223. The van der Waals surface area contributed by atoms with Gasteiger partial charge in [-0.2, -0.15) is 0 Å². The molecule has 0 unspecified atom stereocenters. The number of benzene rings is 2. The normalized spacial score (nSPS) is 15.2. The van der Waals surface area contributed by atoms with Gasteiger partial charge < -0.3 is 0 Å². The second-order valence-corrected chi connectivity index (χ2v) is 8.55. The van der Waals surface area contributed by atoms with E-state index in [1.54, 1.807) is 22.8 Å². The van der Waals surface area contributed by atoms with Crippen molar-refractivity contribution in [2.45, 2.75) is 38.0 Å².